The Morgan fingerprint density at radius 3 is 2.33 bits per heavy atom. The summed E-state index contributed by atoms with van der Waals surface area (Å²) in [4.78, 5) is 27.9. The molecule has 0 atom stereocenters. The molecule has 6 heteroatoms. The molecule has 0 spiro atoms. The Balaban J connectivity index is 2.09. The summed E-state index contributed by atoms with van der Waals surface area (Å²) in [5, 5.41) is 0.511. The van der Waals surface area contributed by atoms with Gasteiger partial charge >= 0.3 is 5.69 Å². The Kier molecular flexibility index (Phi) is 4.28. The van der Waals surface area contributed by atoms with E-state index >= 15 is 0 Å². The average molecular weight is 380 g/mol. The summed E-state index contributed by atoms with van der Waals surface area (Å²) in [7, 11) is 0. The van der Waals surface area contributed by atoms with Crippen molar-refractivity contribution in [2.75, 3.05) is 0 Å². The van der Waals surface area contributed by atoms with Gasteiger partial charge in [0.05, 0.1) is 17.6 Å². The molecular formula is C21H17FN2O2S. The van der Waals surface area contributed by atoms with Crippen LogP contribution in [0.25, 0.3) is 15.9 Å². The predicted octanol–water partition coefficient (Wildman–Crippen LogP) is 4.02. The Hall–Kier alpha value is -2.99. The fraction of sp³-hybridized carbons (Fsp3) is 0.143. The van der Waals surface area contributed by atoms with Crippen LogP contribution in [0.5, 0.6) is 0 Å². The predicted molar refractivity (Wildman–Crippen MR) is 107 cm³/mol. The summed E-state index contributed by atoms with van der Waals surface area (Å²) < 4.78 is 16.9. The van der Waals surface area contributed by atoms with Crippen molar-refractivity contribution in [3.63, 3.8) is 0 Å². The zero-order chi connectivity index (χ0) is 19.1. The van der Waals surface area contributed by atoms with Crippen LogP contribution in [0.2, 0.25) is 0 Å². The molecule has 0 radical (unpaired) electrons. The van der Waals surface area contributed by atoms with Crippen molar-refractivity contribution in [2.45, 2.75) is 20.4 Å². The van der Waals surface area contributed by atoms with Crippen LogP contribution in [0, 0.1) is 19.7 Å². The molecule has 0 saturated heterocycles. The first-order valence-electron chi connectivity index (χ1n) is 8.53. The smallest absolute Gasteiger partial charge is 0.279 e. The standard InChI is InChI=1S/C21H17FN2O2S/c1-13-14(2)27-20-18(13)19(25)24(16-9-4-3-5-10-16)21(26)23(20)12-15-8-6-7-11-17(15)22/h3-11H,12H2,1-2H3. The Labute approximate surface area is 158 Å². The van der Waals surface area contributed by atoms with Crippen LogP contribution in [0.1, 0.15) is 16.0 Å². The van der Waals surface area contributed by atoms with Gasteiger partial charge in [-0.25, -0.2) is 13.8 Å². The van der Waals surface area contributed by atoms with E-state index in [4.69, 9.17) is 0 Å². The molecule has 4 nitrogen and oxygen atoms in total. The van der Waals surface area contributed by atoms with Crippen LogP contribution < -0.4 is 11.2 Å². The molecule has 4 aromatic rings. The number of para-hydroxylation sites is 1. The van der Waals surface area contributed by atoms with E-state index in [0.29, 0.717) is 21.5 Å². The van der Waals surface area contributed by atoms with E-state index in [1.54, 1.807) is 42.5 Å². The number of aromatic nitrogens is 2. The van der Waals surface area contributed by atoms with Gasteiger partial charge in [0.25, 0.3) is 5.56 Å². The van der Waals surface area contributed by atoms with Gasteiger partial charge < -0.3 is 0 Å². The van der Waals surface area contributed by atoms with Gasteiger partial charge in [-0.2, -0.15) is 0 Å². The monoisotopic (exact) mass is 380 g/mol. The van der Waals surface area contributed by atoms with E-state index in [2.05, 4.69) is 0 Å². The molecule has 0 aliphatic rings. The fourth-order valence-electron chi connectivity index (χ4n) is 3.20. The number of fused-ring (bicyclic) bond motifs is 1. The molecule has 0 aliphatic carbocycles. The van der Waals surface area contributed by atoms with Gasteiger partial charge in [-0.15, -0.1) is 11.3 Å². The lowest BCUT2D eigenvalue weighted by Gasteiger charge is -2.13. The molecular weight excluding hydrogens is 363 g/mol. The van der Waals surface area contributed by atoms with Crippen molar-refractivity contribution in [3.05, 3.63) is 97.3 Å². The molecule has 2 aromatic heterocycles. The third-order valence-corrected chi connectivity index (χ3v) is 5.98. The molecule has 136 valence electrons. The first-order chi connectivity index (χ1) is 13.0. The molecule has 0 amide bonds. The topological polar surface area (TPSA) is 44.0 Å². The SMILES string of the molecule is Cc1sc2c(c1C)c(=O)n(-c1ccccc1)c(=O)n2Cc1ccccc1F. The largest absolute Gasteiger partial charge is 0.337 e. The lowest BCUT2D eigenvalue weighted by Crippen LogP contribution is -2.39. The lowest BCUT2D eigenvalue weighted by molar-refractivity contribution is 0.595. The van der Waals surface area contributed by atoms with Crippen LogP contribution >= 0.6 is 11.3 Å². The van der Waals surface area contributed by atoms with Gasteiger partial charge in [-0.05, 0) is 37.6 Å². The summed E-state index contributed by atoms with van der Waals surface area (Å²) in [6.45, 7) is 3.86. The molecule has 0 unspecified atom stereocenters. The Morgan fingerprint density at radius 1 is 0.963 bits per heavy atom. The molecule has 2 aromatic carbocycles. The summed E-state index contributed by atoms with van der Waals surface area (Å²) in [6, 6.07) is 15.2. The highest BCUT2D eigenvalue weighted by atomic mass is 32.1. The summed E-state index contributed by atoms with van der Waals surface area (Å²) in [5.41, 5.74) is 0.950. The van der Waals surface area contributed by atoms with Gasteiger partial charge in [-0.3, -0.25) is 9.36 Å². The zero-order valence-electron chi connectivity index (χ0n) is 14.9. The van der Waals surface area contributed by atoms with Crippen LogP contribution in [-0.2, 0) is 6.54 Å². The van der Waals surface area contributed by atoms with Gasteiger partial charge in [0.15, 0.2) is 0 Å². The molecule has 0 fully saturated rings. The maximum atomic E-state index is 14.2. The minimum atomic E-state index is -0.469. The molecule has 0 N–H and O–H groups in total. The van der Waals surface area contributed by atoms with Crippen LogP contribution in [-0.4, -0.2) is 9.13 Å². The quantitative estimate of drug-likeness (QED) is 0.539. The first kappa shape index (κ1) is 17.4. The third-order valence-electron chi connectivity index (χ3n) is 4.75. The van der Waals surface area contributed by atoms with E-state index in [1.807, 2.05) is 19.9 Å². The van der Waals surface area contributed by atoms with E-state index in [1.165, 1.54) is 26.5 Å². The van der Waals surface area contributed by atoms with E-state index in [-0.39, 0.29) is 17.9 Å². The Morgan fingerprint density at radius 2 is 1.63 bits per heavy atom. The fourth-order valence-corrected chi connectivity index (χ4v) is 4.34. The van der Waals surface area contributed by atoms with E-state index in [0.717, 1.165) is 10.4 Å². The molecule has 0 bridgehead atoms. The second-order valence-electron chi connectivity index (χ2n) is 6.40. The number of nitrogens with zero attached hydrogens (tertiary/aromatic N) is 2. The number of benzene rings is 2. The highest BCUT2D eigenvalue weighted by Crippen LogP contribution is 2.27. The van der Waals surface area contributed by atoms with Crippen molar-refractivity contribution in [1.82, 2.24) is 9.13 Å². The minimum absolute atomic E-state index is 0.0640. The van der Waals surface area contributed by atoms with Crippen molar-refractivity contribution < 1.29 is 4.39 Å². The number of thiophene rings is 1. The van der Waals surface area contributed by atoms with Crippen LogP contribution in [0.4, 0.5) is 4.39 Å². The van der Waals surface area contributed by atoms with Crippen molar-refractivity contribution in [3.8, 4) is 5.69 Å². The van der Waals surface area contributed by atoms with Crippen LogP contribution in [0.3, 0.4) is 0 Å². The molecule has 2 heterocycles. The van der Waals surface area contributed by atoms with E-state index in [9.17, 15) is 14.0 Å². The minimum Gasteiger partial charge on any atom is -0.279 e. The normalized spacial score (nSPS) is 11.2. The third kappa shape index (κ3) is 2.82. The molecule has 0 saturated carbocycles. The lowest BCUT2D eigenvalue weighted by atomic mass is 10.2. The second-order valence-corrected chi connectivity index (χ2v) is 7.60. The summed E-state index contributed by atoms with van der Waals surface area (Å²) in [5.74, 6) is -0.375. The Bertz CT molecular complexity index is 1270. The van der Waals surface area contributed by atoms with Gasteiger partial charge in [-0.1, -0.05) is 36.4 Å². The van der Waals surface area contributed by atoms with E-state index < -0.39 is 5.69 Å². The summed E-state index contributed by atoms with van der Waals surface area (Å²) >= 11 is 1.39. The molecule has 0 aliphatic heterocycles. The van der Waals surface area contributed by atoms with Gasteiger partial charge in [0, 0.05) is 10.4 Å². The van der Waals surface area contributed by atoms with Gasteiger partial charge in [0.1, 0.15) is 10.6 Å². The first-order valence-corrected chi connectivity index (χ1v) is 9.35. The number of aryl methyl sites for hydroxylation is 2. The second kappa shape index (κ2) is 6.63. The van der Waals surface area contributed by atoms with Crippen LogP contribution in [0.15, 0.2) is 64.2 Å². The maximum absolute atomic E-state index is 14.2. The number of halogens is 1. The number of hydrogen-bond donors (Lipinski definition) is 0. The van der Waals surface area contributed by atoms with Crippen molar-refractivity contribution in [1.29, 1.82) is 0 Å². The maximum Gasteiger partial charge on any atom is 0.337 e. The van der Waals surface area contributed by atoms with Gasteiger partial charge in [0.2, 0.25) is 0 Å². The number of hydrogen-bond acceptors (Lipinski definition) is 3. The highest BCUT2D eigenvalue weighted by Gasteiger charge is 2.20. The van der Waals surface area contributed by atoms with Crippen molar-refractivity contribution >= 4 is 21.6 Å². The van der Waals surface area contributed by atoms with Crippen molar-refractivity contribution in [2.24, 2.45) is 0 Å². The molecule has 27 heavy (non-hydrogen) atoms. The zero-order valence-corrected chi connectivity index (χ0v) is 15.7. The number of rotatable bonds is 3. The summed E-state index contributed by atoms with van der Waals surface area (Å²) in [6.07, 6.45) is 0. The highest BCUT2D eigenvalue weighted by molar-refractivity contribution is 7.18. The average Bonchev–Trinajstić information content (AvgIpc) is 2.96. The molecule has 4 rings (SSSR count).